The molecule has 128 valence electrons. The molecular formula is C16H8N4O4S2. The molecular weight excluding hydrogens is 376 g/mol. The Bertz CT molecular complexity index is 1010. The zero-order valence-corrected chi connectivity index (χ0v) is 14.5. The van der Waals surface area contributed by atoms with Crippen molar-refractivity contribution in [1.29, 1.82) is 0 Å². The fourth-order valence-electron chi connectivity index (χ4n) is 2.18. The van der Waals surface area contributed by atoms with Gasteiger partial charge in [0.2, 0.25) is 0 Å². The minimum absolute atomic E-state index is 0.334. The molecule has 4 aromatic heterocycles. The van der Waals surface area contributed by atoms with Crippen LogP contribution in [-0.2, 0) is 0 Å². The van der Waals surface area contributed by atoms with Crippen molar-refractivity contribution in [3.8, 4) is 23.6 Å². The highest BCUT2D eigenvalue weighted by atomic mass is 32.2. The summed E-state index contributed by atoms with van der Waals surface area (Å²) in [4.78, 5) is 18.8. The third-order valence-corrected chi connectivity index (χ3v) is 5.45. The number of hydrogen-bond acceptors (Lipinski definition) is 10. The van der Waals surface area contributed by atoms with Gasteiger partial charge in [-0.1, -0.05) is 11.8 Å². The van der Waals surface area contributed by atoms with E-state index in [2.05, 4.69) is 19.9 Å². The lowest BCUT2D eigenvalue weighted by Gasteiger charge is -2.09. The van der Waals surface area contributed by atoms with Crippen molar-refractivity contribution in [1.82, 2.24) is 19.9 Å². The molecule has 4 aromatic rings. The molecule has 26 heavy (non-hydrogen) atoms. The second-order valence-electron chi connectivity index (χ2n) is 4.95. The van der Waals surface area contributed by atoms with E-state index in [0.29, 0.717) is 35.0 Å². The Morgan fingerprint density at radius 1 is 0.654 bits per heavy atom. The molecule has 0 spiro atoms. The number of rotatable bonds is 4. The van der Waals surface area contributed by atoms with E-state index in [9.17, 15) is 0 Å². The predicted octanol–water partition coefficient (Wildman–Crippen LogP) is 4.75. The maximum absolute atomic E-state index is 5.45. The van der Waals surface area contributed by atoms with Crippen molar-refractivity contribution in [2.24, 2.45) is 0 Å². The lowest BCUT2D eigenvalue weighted by molar-refractivity contribution is 0.510. The van der Waals surface area contributed by atoms with Gasteiger partial charge in [0.05, 0.1) is 12.4 Å². The zero-order chi connectivity index (χ0) is 17.3. The zero-order valence-electron chi connectivity index (χ0n) is 12.9. The van der Waals surface area contributed by atoms with Gasteiger partial charge in [-0.15, -0.1) is 11.8 Å². The lowest BCUT2D eigenvalue weighted by Crippen LogP contribution is -1.88. The first-order valence-corrected chi connectivity index (χ1v) is 9.08. The highest BCUT2D eigenvalue weighted by molar-refractivity contribution is 8.20. The second kappa shape index (κ2) is 6.39. The molecule has 0 aromatic carbocycles. The topological polar surface area (TPSA) is 104 Å². The number of hydrogen-bond donors (Lipinski definition) is 0. The highest BCUT2D eigenvalue weighted by Gasteiger charge is 2.21. The van der Waals surface area contributed by atoms with Gasteiger partial charge in [-0.2, -0.15) is 0 Å². The van der Waals surface area contributed by atoms with E-state index >= 15 is 0 Å². The van der Waals surface area contributed by atoms with Gasteiger partial charge in [0.1, 0.15) is 36.4 Å². The van der Waals surface area contributed by atoms with E-state index in [-0.39, 0.29) is 0 Å². The Labute approximate surface area is 154 Å². The van der Waals surface area contributed by atoms with Gasteiger partial charge in [-0.05, 0) is 10.8 Å². The summed E-state index contributed by atoms with van der Waals surface area (Å²) in [5.74, 6) is 1.35. The van der Waals surface area contributed by atoms with Gasteiger partial charge in [0.25, 0.3) is 23.6 Å². The fourth-order valence-corrected chi connectivity index (χ4v) is 4.09. The normalized spacial score (nSPS) is 14.3. The van der Waals surface area contributed by atoms with Crippen LogP contribution in [0.5, 0.6) is 0 Å². The van der Waals surface area contributed by atoms with Crippen LogP contribution >= 0.6 is 23.5 Å². The third kappa shape index (κ3) is 2.78. The van der Waals surface area contributed by atoms with E-state index in [1.165, 1.54) is 36.1 Å². The SMILES string of the molecule is C1=C(c2coc(-c3ncco3)n2)SC(c2coc(-c3ncco3)n2)=CS1. The standard InChI is InChI=1S/C16H8N4O4S2/c1-3-21-13(17-1)15-19-9(5-23-15)11-7-25-8-12(26-11)10-6-24-16(20-10)14-18-2-4-22-14/h1-8H. The molecule has 0 amide bonds. The summed E-state index contributed by atoms with van der Waals surface area (Å²) >= 11 is 3.04. The number of nitrogens with zero attached hydrogens (tertiary/aromatic N) is 4. The smallest absolute Gasteiger partial charge is 0.284 e. The molecule has 0 unspecified atom stereocenters. The summed E-state index contributed by atoms with van der Waals surface area (Å²) in [6.45, 7) is 0. The first-order chi connectivity index (χ1) is 12.9. The Morgan fingerprint density at radius 2 is 1.19 bits per heavy atom. The summed E-state index contributed by atoms with van der Waals surface area (Å²) in [6, 6.07) is 0. The second-order valence-corrected chi connectivity index (χ2v) is 6.78. The average molecular weight is 384 g/mol. The van der Waals surface area contributed by atoms with Crippen molar-refractivity contribution in [3.63, 3.8) is 0 Å². The van der Waals surface area contributed by atoms with Crippen LogP contribution < -0.4 is 0 Å². The first-order valence-electron chi connectivity index (χ1n) is 7.32. The van der Waals surface area contributed by atoms with Crippen LogP contribution in [0.1, 0.15) is 11.4 Å². The molecule has 0 fully saturated rings. The highest BCUT2D eigenvalue weighted by Crippen LogP contribution is 2.45. The quantitative estimate of drug-likeness (QED) is 0.489. The molecule has 0 saturated carbocycles. The van der Waals surface area contributed by atoms with Crippen molar-refractivity contribution in [2.75, 3.05) is 0 Å². The van der Waals surface area contributed by atoms with E-state index in [0.717, 1.165) is 9.81 Å². The van der Waals surface area contributed by atoms with Crippen molar-refractivity contribution in [3.05, 3.63) is 59.7 Å². The molecule has 10 heteroatoms. The average Bonchev–Trinajstić information content (AvgIpc) is 3.49. The Morgan fingerprint density at radius 3 is 1.65 bits per heavy atom. The van der Waals surface area contributed by atoms with E-state index in [4.69, 9.17) is 17.7 Å². The molecule has 5 heterocycles. The molecule has 0 N–H and O–H groups in total. The Kier molecular flexibility index (Phi) is 3.76. The molecule has 0 aliphatic carbocycles. The molecule has 0 bridgehead atoms. The molecule has 8 nitrogen and oxygen atoms in total. The lowest BCUT2D eigenvalue weighted by atomic mass is 10.4. The monoisotopic (exact) mass is 384 g/mol. The molecule has 1 aliphatic heterocycles. The van der Waals surface area contributed by atoms with Gasteiger partial charge in [-0.25, -0.2) is 19.9 Å². The number of thioether (sulfide) groups is 2. The van der Waals surface area contributed by atoms with Crippen molar-refractivity contribution in [2.45, 2.75) is 0 Å². The first kappa shape index (κ1) is 15.3. The largest absolute Gasteiger partial charge is 0.441 e. The summed E-state index contributed by atoms with van der Waals surface area (Å²) in [7, 11) is 0. The van der Waals surface area contributed by atoms with Crippen LogP contribution in [0.25, 0.3) is 33.4 Å². The van der Waals surface area contributed by atoms with Gasteiger partial charge >= 0.3 is 0 Å². The summed E-state index contributed by atoms with van der Waals surface area (Å²) in [5, 5.41) is 3.97. The van der Waals surface area contributed by atoms with Gasteiger partial charge in [0.15, 0.2) is 0 Å². The van der Waals surface area contributed by atoms with E-state index in [1.807, 2.05) is 10.8 Å². The maximum Gasteiger partial charge on any atom is 0.284 e. The summed E-state index contributed by atoms with van der Waals surface area (Å²) in [6.07, 6.45) is 9.17. The minimum Gasteiger partial charge on any atom is -0.441 e. The summed E-state index contributed by atoms with van der Waals surface area (Å²) in [5.41, 5.74) is 1.38. The van der Waals surface area contributed by atoms with Gasteiger partial charge < -0.3 is 17.7 Å². The van der Waals surface area contributed by atoms with Crippen LogP contribution in [0, 0.1) is 0 Å². The van der Waals surface area contributed by atoms with Crippen LogP contribution in [0.4, 0.5) is 0 Å². The molecule has 0 atom stereocenters. The van der Waals surface area contributed by atoms with Crippen LogP contribution in [0.3, 0.4) is 0 Å². The van der Waals surface area contributed by atoms with Gasteiger partial charge in [0, 0.05) is 9.81 Å². The molecule has 0 radical (unpaired) electrons. The number of aromatic nitrogens is 4. The molecule has 0 saturated heterocycles. The number of oxazole rings is 4. The molecule has 5 rings (SSSR count). The minimum atomic E-state index is 0.334. The third-order valence-electron chi connectivity index (χ3n) is 3.31. The molecule has 1 aliphatic rings. The van der Waals surface area contributed by atoms with E-state index < -0.39 is 0 Å². The fraction of sp³-hybridized carbons (Fsp3) is 0. The Hall–Kier alpha value is -2.98. The van der Waals surface area contributed by atoms with Crippen molar-refractivity contribution >= 4 is 33.3 Å². The van der Waals surface area contributed by atoms with E-state index in [1.54, 1.807) is 24.9 Å². The van der Waals surface area contributed by atoms with Crippen LogP contribution in [0.15, 0.2) is 65.9 Å². The van der Waals surface area contributed by atoms with Crippen LogP contribution in [0.2, 0.25) is 0 Å². The summed E-state index contributed by atoms with van der Waals surface area (Å²) < 4.78 is 21.3. The maximum atomic E-state index is 5.45. The van der Waals surface area contributed by atoms with Gasteiger partial charge in [-0.3, -0.25) is 0 Å². The predicted molar refractivity (Wildman–Crippen MR) is 95.1 cm³/mol. The van der Waals surface area contributed by atoms with Crippen molar-refractivity contribution < 1.29 is 17.7 Å². The van der Waals surface area contributed by atoms with Crippen LogP contribution in [-0.4, -0.2) is 19.9 Å². The Balaban J connectivity index is 1.37.